The van der Waals surface area contributed by atoms with Crippen molar-refractivity contribution in [2.45, 2.75) is 325 Å². The van der Waals surface area contributed by atoms with Gasteiger partial charge in [0.05, 0.1) is 26.4 Å². The fourth-order valence-corrected chi connectivity index (χ4v) is 9.01. The van der Waals surface area contributed by atoms with E-state index in [0.29, 0.717) is 75.8 Å². The second-order valence-electron chi connectivity index (χ2n) is 21.9. The number of hydrogen-bond acceptors (Lipinski definition) is 8. The number of carbonyl (C=O) groups is 4. The van der Waals surface area contributed by atoms with E-state index in [1.807, 2.05) is 0 Å². The Balaban J connectivity index is 0. The van der Waals surface area contributed by atoms with E-state index in [1.165, 1.54) is 154 Å². The van der Waals surface area contributed by atoms with Crippen molar-refractivity contribution in [3.63, 3.8) is 0 Å². The first-order valence-electron chi connectivity index (χ1n) is 30.6. The second-order valence-corrected chi connectivity index (χ2v) is 21.9. The lowest BCUT2D eigenvalue weighted by molar-refractivity contribution is -0.146. The Hall–Kier alpha value is -2.12. The molecule has 0 heterocycles. The Kier molecular flexibility index (Phi) is 56.1. The van der Waals surface area contributed by atoms with E-state index < -0.39 is 0 Å². The van der Waals surface area contributed by atoms with Gasteiger partial charge in [-0.05, 0) is 87.9 Å². The van der Waals surface area contributed by atoms with Gasteiger partial charge in [0.1, 0.15) is 0 Å². The summed E-state index contributed by atoms with van der Waals surface area (Å²) in [7, 11) is 0. The molecule has 0 aromatic carbocycles. The number of esters is 4. The molecule has 416 valence electrons. The van der Waals surface area contributed by atoms with Gasteiger partial charge in [0.15, 0.2) is 0 Å². The summed E-state index contributed by atoms with van der Waals surface area (Å²) in [6.07, 6.45) is 47.7. The zero-order valence-electron chi connectivity index (χ0n) is 48.1. The van der Waals surface area contributed by atoms with E-state index in [-0.39, 0.29) is 23.9 Å². The fourth-order valence-electron chi connectivity index (χ4n) is 9.01. The highest BCUT2D eigenvalue weighted by atomic mass is 16.5. The molecule has 0 saturated carbocycles. The van der Waals surface area contributed by atoms with Gasteiger partial charge in [0, 0.05) is 25.7 Å². The third-order valence-corrected chi connectivity index (χ3v) is 14.0. The first kappa shape index (κ1) is 70.0. The Labute approximate surface area is 435 Å². The van der Waals surface area contributed by atoms with Crippen LogP contribution in [0, 0.1) is 23.7 Å². The zero-order valence-corrected chi connectivity index (χ0v) is 48.1. The van der Waals surface area contributed by atoms with Gasteiger partial charge in [-0.15, -0.1) is 0 Å². The maximum Gasteiger partial charge on any atom is 0.306 e. The van der Waals surface area contributed by atoms with Crippen LogP contribution in [0.2, 0.25) is 0 Å². The SMILES string of the molecule is CCC(CCCCCCCCCCCCC(=O)OCCCC(C)C)CC(=O)OCCCC(C)C.CCCCCCCOC(=O)CCCCCCCCCCCCC(CC)CC(=O)OCCCCCCC. The van der Waals surface area contributed by atoms with E-state index in [4.69, 9.17) is 18.9 Å². The van der Waals surface area contributed by atoms with E-state index >= 15 is 0 Å². The minimum Gasteiger partial charge on any atom is -0.466 e. The number of hydrogen-bond donors (Lipinski definition) is 0. The van der Waals surface area contributed by atoms with E-state index in [2.05, 4.69) is 55.4 Å². The van der Waals surface area contributed by atoms with Crippen LogP contribution >= 0.6 is 0 Å². The Morgan fingerprint density at radius 2 is 0.543 bits per heavy atom. The van der Waals surface area contributed by atoms with Crippen molar-refractivity contribution < 1.29 is 38.1 Å². The highest BCUT2D eigenvalue weighted by molar-refractivity contribution is 5.70. The Bertz CT molecular complexity index is 1120. The minimum atomic E-state index is -0.0207. The topological polar surface area (TPSA) is 105 Å². The van der Waals surface area contributed by atoms with Crippen LogP contribution in [0.5, 0.6) is 0 Å². The molecule has 0 N–H and O–H groups in total. The molecule has 0 radical (unpaired) electrons. The van der Waals surface area contributed by atoms with Crippen LogP contribution in [0.25, 0.3) is 0 Å². The monoisotopic (exact) mass is 993 g/mol. The van der Waals surface area contributed by atoms with Crippen molar-refractivity contribution in [1.82, 2.24) is 0 Å². The van der Waals surface area contributed by atoms with Crippen molar-refractivity contribution in [2.75, 3.05) is 26.4 Å². The standard InChI is InChI=1S/C32H62O4.C30H58O4/c1-4-7-9-19-23-27-35-31(33)26-22-18-16-14-12-11-13-15-17-21-25-30(6-3)29-32(34)36-28-24-20-10-8-5-2;1-6-28(25-30(32)34-24-18-20-27(4)5)21-15-13-11-9-7-8-10-12-14-16-22-29(31)33-23-17-19-26(2)3/h30H,4-29H2,1-3H3;26-28H,6-25H2,1-5H3. The fraction of sp³-hybridized carbons (Fsp3) is 0.935. The Morgan fingerprint density at radius 1 is 0.286 bits per heavy atom. The third-order valence-electron chi connectivity index (χ3n) is 14.0. The molecule has 0 amide bonds. The van der Waals surface area contributed by atoms with Crippen LogP contribution in [0.4, 0.5) is 0 Å². The number of carbonyl (C=O) groups excluding carboxylic acids is 4. The van der Waals surface area contributed by atoms with Crippen LogP contribution in [-0.2, 0) is 38.1 Å². The molecule has 0 bridgehead atoms. The molecule has 8 nitrogen and oxygen atoms in total. The lowest BCUT2D eigenvalue weighted by Crippen LogP contribution is -2.12. The summed E-state index contributed by atoms with van der Waals surface area (Å²) in [5.74, 6) is 2.29. The lowest BCUT2D eigenvalue weighted by Gasteiger charge is -2.14. The molecule has 0 fully saturated rings. The molecule has 0 aromatic heterocycles. The van der Waals surface area contributed by atoms with Crippen LogP contribution in [0.1, 0.15) is 325 Å². The molecule has 0 rings (SSSR count). The van der Waals surface area contributed by atoms with E-state index in [9.17, 15) is 19.2 Å². The summed E-state index contributed by atoms with van der Waals surface area (Å²) >= 11 is 0. The highest BCUT2D eigenvalue weighted by Gasteiger charge is 2.15. The summed E-state index contributed by atoms with van der Waals surface area (Å²) in [6, 6.07) is 0. The largest absolute Gasteiger partial charge is 0.466 e. The molecule has 0 saturated heterocycles. The van der Waals surface area contributed by atoms with Crippen molar-refractivity contribution in [2.24, 2.45) is 23.7 Å². The summed E-state index contributed by atoms with van der Waals surface area (Å²) in [6.45, 7) is 20.0. The Morgan fingerprint density at radius 3 is 0.843 bits per heavy atom. The predicted molar refractivity (Wildman–Crippen MR) is 297 cm³/mol. The highest BCUT2D eigenvalue weighted by Crippen LogP contribution is 2.22. The summed E-state index contributed by atoms with van der Waals surface area (Å²) in [5, 5.41) is 0. The molecular weight excluding hydrogens is 873 g/mol. The van der Waals surface area contributed by atoms with E-state index in [0.717, 1.165) is 89.9 Å². The maximum absolute atomic E-state index is 12.1. The zero-order chi connectivity index (χ0) is 52.0. The van der Waals surface area contributed by atoms with Crippen LogP contribution in [0.15, 0.2) is 0 Å². The lowest BCUT2D eigenvalue weighted by atomic mass is 9.95. The summed E-state index contributed by atoms with van der Waals surface area (Å²) in [5.41, 5.74) is 0. The van der Waals surface area contributed by atoms with Gasteiger partial charge in [-0.2, -0.15) is 0 Å². The molecule has 0 aromatic rings. The van der Waals surface area contributed by atoms with Gasteiger partial charge in [-0.3, -0.25) is 19.2 Å². The van der Waals surface area contributed by atoms with Crippen LogP contribution < -0.4 is 0 Å². The van der Waals surface area contributed by atoms with Gasteiger partial charge in [-0.1, -0.05) is 235 Å². The van der Waals surface area contributed by atoms with Gasteiger partial charge in [-0.25, -0.2) is 0 Å². The van der Waals surface area contributed by atoms with Crippen molar-refractivity contribution in [3.05, 3.63) is 0 Å². The molecule has 0 aliphatic carbocycles. The molecule has 70 heavy (non-hydrogen) atoms. The first-order valence-corrected chi connectivity index (χ1v) is 30.6. The second kappa shape index (κ2) is 56.2. The number of rotatable bonds is 52. The average Bonchev–Trinajstić information content (AvgIpc) is 3.33. The van der Waals surface area contributed by atoms with Crippen LogP contribution in [0.3, 0.4) is 0 Å². The number of ether oxygens (including phenoxy) is 4. The van der Waals surface area contributed by atoms with Gasteiger partial charge < -0.3 is 18.9 Å². The molecule has 2 unspecified atom stereocenters. The summed E-state index contributed by atoms with van der Waals surface area (Å²) < 4.78 is 21.5. The quantitative estimate of drug-likeness (QED) is 0.0337. The minimum absolute atomic E-state index is 0.00543. The normalized spacial score (nSPS) is 12.1. The molecule has 0 aliphatic heterocycles. The van der Waals surface area contributed by atoms with Crippen molar-refractivity contribution in [1.29, 1.82) is 0 Å². The van der Waals surface area contributed by atoms with Gasteiger partial charge in [0.2, 0.25) is 0 Å². The first-order chi connectivity index (χ1) is 34.0. The summed E-state index contributed by atoms with van der Waals surface area (Å²) in [4.78, 5) is 47.5. The third kappa shape index (κ3) is 56.8. The van der Waals surface area contributed by atoms with Crippen molar-refractivity contribution >= 4 is 23.9 Å². The van der Waals surface area contributed by atoms with Crippen molar-refractivity contribution in [3.8, 4) is 0 Å². The molecule has 8 heteroatoms. The molecule has 0 spiro atoms. The van der Waals surface area contributed by atoms with Gasteiger partial charge in [0.25, 0.3) is 0 Å². The molecule has 2 atom stereocenters. The number of unbranched alkanes of at least 4 members (excludes halogenated alkanes) is 26. The van der Waals surface area contributed by atoms with Gasteiger partial charge >= 0.3 is 23.9 Å². The smallest absolute Gasteiger partial charge is 0.306 e. The average molecular weight is 994 g/mol. The van der Waals surface area contributed by atoms with Crippen LogP contribution in [-0.4, -0.2) is 50.3 Å². The van der Waals surface area contributed by atoms with E-state index in [1.54, 1.807) is 0 Å². The molecular formula is C62H120O8. The maximum atomic E-state index is 12.1. The predicted octanol–water partition coefficient (Wildman–Crippen LogP) is 19.2. The molecule has 0 aliphatic rings.